The van der Waals surface area contributed by atoms with Gasteiger partial charge in [-0.25, -0.2) is 9.48 Å². The number of nitrogens with zero attached hydrogens (tertiary/aromatic N) is 4. The molecule has 0 aliphatic carbocycles. The van der Waals surface area contributed by atoms with E-state index < -0.39 is 5.97 Å². The van der Waals surface area contributed by atoms with Crippen molar-refractivity contribution in [1.29, 1.82) is 0 Å². The highest BCUT2D eigenvalue weighted by atomic mass is 16.5. The quantitative estimate of drug-likeness (QED) is 0.757. The maximum atomic E-state index is 11.5. The number of aryl methyl sites for hydroxylation is 2. The number of hydrogen-bond acceptors (Lipinski definition) is 5. The van der Waals surface area contributed by atoms with Crippen molar-refractivity contribution in [3.63, 3.8) is 0 Å². The fourth-order valence-corrected chi connectivity index (χ4v) is 1.90. The third-order valence-electron chi connectivity index (χ3n) is 2.89. The molecule has 0 fully saturated rings. The number of carbonyl (C=O) groups excluding carboxylic acids is 1. The molecule has 0 atom stereocenters. The summed E-state index contributed by atoms with van der Waals surface area (Å²) < 4.78 is 6.44. The highest BCUT2D eigenvalue weighted by Gasteiger charge is 2.18. The lowest BCUT2D eigenvalue weighted by molar-refractivity contribution is 0.0592. The summed E-state index contributed by atoms with van der Waals surface area (Å²) >= 11 is 0. The van der Waals surface area contributed by atoms with Gasteiger partial charge in [-0.3, -0.25) is 4.98 Å². The lowest BCUT2D eigenvalue weighted by Crippen LogP contribution is -2.10. The van der Waals surface area contributed by atoms with Crippen LogP contribution in [0.5, 0.6) is 0 Å². The molecule has 0 radical (unpaired) electrons. The van der Waals surface area contributed by atoms with Gasteiger partial charge in [-0.2, -0.15) is 0 Å². The molecule has 100 valence electrons. The van der Waals surface area contributed by atoms with Gasteiger partial charge in [0, 0.05) is 18.9 Å². The Labute approximate surface area is 111 Å². The second kappa shape index (κ2) is 6.08. The minimum atomic E-state index is -0.440. The summed E-state index contributed by atoms with van der Waals surface area (Å²) in [6.45, 7) is 2.63. The number of methoxy groups -OCH3 is 1. The van der Waals surface area contributed by atoms with E-state index in [4.69, 9.17) is 4.74 Å². The zero-order valence-corrected chi connectivity index (χ0v) is 11.0. The Bertz CT molecular complexity index is 551. The number of hydrogen-bond donors (Lipinski definition) is 0. The van der Waals surface area contributed by atoms with E-state index in [2.05, 4.69) is 15.3 Å². The molecule has 0 spiro atoms. The molecule has 0 unspecified atom stereocenters. The number of esters is 1. The van der Waals surface area contributed by atoms with Crippen LogP contribution in [0.15, 0.2) is 24.5 Å². The molecule has 6 heteroatoms. The van der Waals surface area contributed by atoms with Crippen LogP contribution < -0.4 is 0 Å². The largest absolute Gasteiger partial charge is 0.464 e. The third kappa shape index (κ3) is 2.96. The topological polar surface area (TPSA) is 69.9 Å². The van der Waals surface area contributed by atoms with Crippen molar-refractivity contribution in [2.45, 2.75) is 26.3 Å². The first-order chi connectivity index (χ1) is 9.26. The lowest BCUT2D eigenvalue weighted by Gasteiger charge is -2.05. The number of rotatable bonds is 5. The van der Waals surface area contributed by atoms with Gasteiger partial charge in [0.15, 0.2) is 5.69 Å². The van der Waals surface area contributed by atoms with Crippen molar-refractivity contribution >= 4 is 5.97 Å². The average molecular weight is 260 g/mol. The van der Waals surface area contributed by atoms with Crippen molar-refractivity contribution in [2.24, 2.45) is 0 Å². The summed E-state index contributed by atoms with van der Waals surface area (Å²) in [4.78, 5) is 15.6. The van der Waals surface area contributed by atoms with Crippen LogP contribution in [0.2, 0.25) is 0 Å². The first kappa shape index (κ1) is 13.2. The number of ether oxygens (including phenoxy) is 1. The molecule has 0 aliphatic heterocycles. The normalized spacial score (nSPS) is 10.4. The van der Waals surface area contributed by atoms with Crippen LogP contribution in [0.4, 0.5) is 0 Å². The molecular formula is C13H16N4O2. The Kier molecular flexibility index (Phi) is 4.22. The van der Waals surface area contributed by atoms with Crippen LogP contribution in [-0.2, 0) is 24.1 Å². The van der Waals surface area contributed by atoms with Gasteiger partial charge in [-0.05, 0) is 24.5 Å². The molecule has 2 rings (SSSR count). The second-order valence-corrected chi connectivity index (χ2v) is 4.06. The van der Waals surface area contributed by atoms with Gasteiger partial charge in [0.2, 0.25) is 0 Å². The van der Waals surface area contributed by atoms with Crippen LogP contribution in [-0.4, -0.2) is 33.1 Å². The summed E-state index contributed by atoms with van der Waals surface area (Å²) in [5.41, 5.74) is 2.23. The molecular weight excluding hydrogens is 244 g/mol. The summed E-state index contributed by atoms with van der Waals surface area (Å²) in [6.07, 6.45) is 5.05. The number of aromatic nitrogens is 4. The Morgan fingerprint density at radius 3 is 2.95 bits per heavy atom. The van der Waals surface area contributed by atoms with E-state index in [1.807, 2.05) is 25.3 Å². The predicted molar refractivity (Wildman–Crippen MR) is 68.7 cm³/mol. The molecule has 0 saturated heterocycles. The van der Waals surface area contributed by atoms with Crippen LogP contribution in [0.25, 0.3) is 0 Å². The van der Waals surface area contributed by atoms with Crippen LogP contribution in [0.3, 0.4) is 0 Å². The minimum Gasteiger partial charge on any atom is -0.464 e. The SMILES string of the molecule is CCc1c(C(=O)OC)nnn1CCc1cccnc1. The van der Waals surface area contributed by atoms with Crippen LogP contribution >= 0.6 is 0 Å². The fraction of sp³-hybridized carbons (Fsp3) is 0.385. The Morgan fingerprint density at radius 2 is 2.32 bits per heavy atom. The van der Waals surface area contributed by atoms with Crippen molar-refractivity contribution in [2.75, 3.05) is 7.11 Å². The minimum absolute atomic E-state index is 0.302. The smallest absolute Gasteiger partial charge is 0.360 e. The lowest BCUT2D eigenvalue weighted by atomic mass is 10.2. The van der Waals surface area contributed by atoms with Gasteiger partial charge in [-0.15, -0.1) is 5.10 Å². The molecule has 2 aromatic heterocycles. The zero-order chi connectivity index (χ0) is 13.7. The molecule has 0 aromatic carbocycles. The number of carbonyl (C=O) groups is 1. The van der Waals surface area contributed by atoms with Crippen molar-refractivity contribution in [3.05, 3.63) is 41.5 Å². The maximum absolute atomic E-state index is 11.5. The van der Waals surface area contributed by atoms with Gasteiger partial charge >= 0.3 is 5.97 Å². The molecule has 6 nitrogen and oxygen atoms in total. The molecule has 0 bridgehead atoms. The molecule has 19 heavy (non-hydrogen) atoms. The number of pyridine rings is 1. The van der Waals surface area contributed by atoms with Gasteiger partial charge < -0.3 is 4.74 Å². The average Bonchev–Trinajstić information content (AvgIpc) is 2.88. The fourth-order valence-electron chi connectivity index (χ4n) is 1.90. The summed E-state index contributed by atoms with van der Waals surface area (Å²) in [6, 6.07) is 3.91. The summed E-state index contributed by atoms with van der Waals surface area (Å²) in [5.74, 6) is -0.440. The third-order valence-corrected chi connectivity index (χ3v) is 2.89. The maximum Gasteiger partial charge on any atom is 0.360 e. The van der Waals surface area contributed by atoms with E-state index in [0.29, 0.717) is 18.7 Å². The highest BCUT2D eigenvalue weighted by molar-refractivity contribution is 5.88. The van der Waals surface area contributed by atoms with Gasteiger partial charge in [0.1, 0.15) is 0 Å². The van der Waals surface area contributed by atoms with E-state index in [1.54, 1.807) is 10.9 Å². The standard InChI is InChI=1S/C13H16N4O2/c1-3-11-12(13(18)19-2)15-16-17(11)8-6-10-5-4-7-14-9-10/h4-5,7,9H,3,6,8H2,1-2H3. The molecule has 2 aromatic rings. The predicted octanol–water partition coefficient (Wildman–Crippen LogP) is 1.26. The van der Waals surface area contributed by atoms with E-state index in [-0.39, 0.29) is 0 Å². The highest BCUT2D eigenvalue weighted by Crippen LogP contribution is 2.09. The van der Waals surface area contributed by atoms with Crippen molar-refractivity contribution < 1.29 is 9.53 Å². The van der Waals surface area contributed by atoms with E-state index in [0.717, 1.165) is 17.7 Å². The van der Waals surface area contributed by atoms with Gasteiger partial charge in [0.05, 0.1) is 12.8 Å². The molecule has 0 aliphatic rings. The Balaban J connectivity index is 2.13. The zero-order valence-electron chi connectivity index (χ0n) is 11.0. The van der Waals surface area contributed by atoms with E-state index in [1.165, 1.54) is 7.11 Å². The summed E-state index contributed by atoms with van der Waals surface area (Å²) in [7, 11) is 1.34. The molecule has 2 heterocycles. The Hall–Kier alpha value is -2.24. The molecule has 0 saturated carbocycles. The monoisotopic (exact) mass is 260 g/mol. The van der Waals surface area contributed by atoms with E-state index >= 15 is 0 Å². The molecule has 0 amide bonds. The van der Waals surface area contributed by atoms with Gasteiger partial charge in [-0.1, -0.05) is 18.2 Å². The van der Waals surface area contributed by atoms with E-state index in [9.17, 15) is 4.79 Å². The Morgan fingerprint density at radius 1 is 1.47 bits per heavy atom. The van der Waals surface area contributed by atoms with Crippen LogP contribution in [0, 0.1) is 0 Å². The summed E-state index contributed by atoms with van der Waals surface area (Å²) in [5, 5.41) is 7.91. The van der Waals surface area contributed by atoms with Crippen molar-refractivity contribution in [1.82, 2.24) is 20.0 Å². The molecule has 0 N–H and O–H groups in total. The second-order valence-electron chi connectivity index (χ2n) is 4.06. The van der Waals surface area contributed by atoms with Crippen LogP contribution in [0.1, 0.15) is 28.7 Å². The van der Waals surface area contributed by atoms with Crippen molar-refractivity contribution in [3.8, 4) is 0 Å². The first-order valence-electron chi connectivity index (χ1n) is 6.15. The first-order valence-corrected chi connectivity index (χ1v) is 6.15. The van der Waals surface area contributed by atoms with Gasteiger partial charge in [0.25, 0.3) is 0 Å².